The molecule has 5 aromatic rings. The Morgan fingerprint density at radius 1 is 0.722 bits per heavy atom. The summed E-state index contributed by atoms with van der Waals surface area (Å²) in [6, 6.07) is 21.8. The van der Waals surface area contributed by atoms with Gasteiger partial charge in [0, 0.05) is 23.3 Å². The Kier molecular flexibility index (Phi) is 5.65. The van der Waals surface area contributed by atoms with Gasteiger partial charge in [-0.15, -0.1) is 0 Å². The van der Waals surface area contributed by atoms with Crippen molar-refractivity contribution in [2.24, 2.45) is 0 Å². The standard InChI is InChI=1S/C33H34N2O/c1-4-12-23(13-5-1)27-22-28(24-14-6-2-7-15-24)32-30(26-18-10-11-19-29(26)36-32)31(27)35-21-20-34-33(35)25-16-8-3-9-17-25/h3,8-11,16-24H,1-2,4-7,12-15H2. The van der Waals surface area contributed by atoms with Crippen LogP contribution in [0.25, 0.3) is 39.0 Å². The average molecular weight is 475 g/mol. The molecule has 0 radical (unpaired) electrons. The maximum atomic E-state index is 6.73. The first-order chi connectivity index (χ1) is 17.9. The highest BCUT2D eigenvalue weighted by Crippen LogP contribution is 2.47. The maximum absolute atomic E-state index is 6.73. The van der Waals surface area contributed by atoms with Crippen molar-refractivity contribution in [1.29, 1.82) is 0 Å². The van der Waals surface area contributed by atoms with Crippen molar-refractivity contribution >= 4 is 21.9 Å². The first-order valence-corrected chi connectivity index (χ1v) is 14.0. The fourth-order valence-corrected chi connectivity index (χ4v) is 6.92. The molecule has 0 spiro atoms. The number of para-hydroxylation sites is 1. The summed E-state index contributed by atoms with van der Waals surface area (Å²) >= 11 is 0. The Morgan fingerprint density at radius 2 is 1.39 bits per heavy atom. The summed E-state index contributed by atoms with van der Waals surface area (Å²) in [6.07, 6.45) is 17.2. The smallest absolute Gasteiger partial charge is 0.144 e. The third-order valence-corrected chi connectivity index (χ3v) is 8.68. The first kappa shape index (κ1) is 21.9. The van der Waals surface area contributed by atoms with Gasteiger partial charge in [-0.05, 0) is 60.8 Å². The van der Waals surface area contributed by atoms with E-state index in [0.29, 0.717) is 11.8 Å². The van der Waals surface area contributed by atoms with Crippen molar-refractivity contribution in [2.75, 3.05) is 0 Å². The van der Waals surface area contributed by atoms with E-state index >= 15 is 0 Å². The largest absolute Gasteiger partial charge is 0.456 e. The molecule has 0 aliphatic heterocycles. The molecule has 7 rings (SSSR count). The summed E-state index contributed by atoms with van der Waals surface area (Å²) in [5.74, 6) is 2.18. The Hall–Kier alpha value is -3.33. The van der Waals surface area contributed by atoms with Gasteiger partial charge in [0.25, 0.3) is 0 Å². The number of furan rings is 1. The lowest BCUT2D eigenvalue weighted by Gasteiger charge is -2.29. The quantitative estimate of drug-likeness (QED) is 0.260. The van der Waals surface area contributed by atoms with E-state index in [4.69, 9.17) is 9.40 Å². The number of aromatic nitrogens is 2. The van der Waals surface area contributed by atoms with E-state index in [9.17, 15) is 0 Å². The lowest BCUT2D eigenvalue weighted by atomic mass is 9.78. The minimum Gasteiger partial charge on any atom is -0.456 e. The van der Waals surface area contributed by atoms with Gasteiger partial charge in [0.15, 0.2) is 0 Å². The molecular weight excluding hydrogens is 440 g/mol. The summed E-state index contributed by atoms with van der Waals surface area (Å²) in [6.45, 7) is 0. The van der Waals surface area contributed by atoms with Gasteiger partial charge in [0.05, 0.1) is 11.1 Å². The molecule has 0 N–H and O–H groups in total. The minimum atomic E-state index is 0.583. The first-order valence-electron chi connectivity index (χ1n) is 14.0. The molecule has 0 saturated heterocycles. The van der Waals surface area contributed by atoms with E-state index < -0.39 is 0 Å². The van der Waals surface area contributed by atoms with Crippen molar-refractivity contribution in [3.63, 3.8) is 0 Å². The van der Waals surface area contributed by atoms with E-state index in [0.717, 1.165) is 22.6 Å². The van der Waals surface area contributed by atoms with Crippen LogP contribution in [0, 0.1) is 0 Å². The van der Waals surface area contributed by atoms with Gasteiger partial charge in [-0.1, -0.05) is 87.1 Å². The molecule has 2 aliphatic rings. The van der Waals surface area contributed by atoms with Crippen molar-refractivity contribution < 1.29 is 4.42 Å². The number of benzene rings is 3. The predicted octanol–water partition coefficient (Wildman–Crippen LogP) is 9.53. The van der Waals surface area contributed by atoms with Gasteiger partial charge >= 0.3 is 0 Å². The van der Waals surface area contributed by atoms with Crippen LogP contribution in [0.15, 0.2) is 77.5 Å². The fraction of sp³-hybridized carbons (Fsp3) is 0.364. The molecule has 2 saturated carbocycles. The van der Waals surface area contributed by atoms with Crippen LogP contribution in [0.1, 0.15) is 87.2 Å². The van der Waals surface area contributed by atoms with Crippen LogP contribution >= 0.6 is 0 Å². The van der Waals surface area contributed by atoms with Gasteiger partial charge in [-0.3, -0.25) is 4.57 Å². The van der Waals surface area contributed by atoms with Crippen LogP contribution in [-0.2, 0) is 0 Å². The zero-order chi connectivity index (χ0) is 23.9. The summed E-state index contributed by atoms with van der Waals surface area (Å²) in [4.78, 5) is 4.86. The lowest BCUT2D eigenvalue weighted by molar-refractivity contribution is 0.434. The predicted molar refractivity (Wildman–Crippen MR) is 148 cm³/mol. The van der Waals surface area contributed by atoms with Gasteiger partial charge < -0.3 is 4.42 Å². The van der Waals surface area contributed by atoms with E-state index in [1.54, 1.807) is 0 Å². The van der Waals surface area contributed by atoms with Crippen molar-refractivity contribution in [3.05, 3.63) is 84.2 Å². The summed E-state index contributed by atoms with van der Waals surface area (Å²) in [5, 5.41) is 2.51. The van der Waals surface area contributed by atoms with Crippen molar-refractivity contribution in [2.45, 2.75) is 76.0 Å². The molecule has 3 heteroatoms. The summed E-state index contributed by atoms with van der Waals surface area (Å²) in [7, 11) is 0. The third kappa shape index (κ3) is 3.68. The highest BCUT2D eigenvalue weighted by molar-refractivity contribution is 6.11. The minimum absolute atomic E-state index is 0.583. The molecule has 0 amide bonds. The monoisotopic (exact) mass is 474 g/mol. The molecule has 2 aromatic heterocycles. The Balaban J connectivity index is 1.57. The van der Waals surface area contributed by atoms with Crippen LogP contribution in [0.3, 0.4) is 0 Å². The molecule has 0 bridgehead atoms. The zero-order valence-electron chi connectivity index (χ0n) is 21.0. The van der Waals surface area contributed by atoms with E-state index in [2.05, 4.69) is 71.4 Å². The summed E-state index contributed by atoms with van der Waals surface area (Å²) < 4.78 is 9.09. The summed E-state index contributed by atoms with van der Waals surface area (Å²) in [5.41, 5.74) is 7.49. The van der Waals surface area contributed by atoms with E-state index in [1.807, 2.05) is 6.20 Å². The molecular formula is C33H34N2O. The van der Waals surface area contributed by atoms with E-state index in [-0.39, 0.29) is 0 Å². The molecule has 182 valence electrons. The number of nitrogens with zero attached hydrogens (tertiary/aromatic N) is 2. The molecule has 2 aliphatic carbocycles. The van der Waals surface area contributed by atoms with Gasteiger partial charge in [0.2, 0.25) is 0 Å². The molecule has 0 atom stereocenters. The molecule has 0 unspecified atom stereocenters. The second-order valence-electron chi connectivity index (χ2n) is 10.9. The van der Waals surface area contributed by atoms with E-state index in [1.165, 1.54) is 91.8 Å². The lowest BCUT2D eigenvalue weighted by Crippen LogP contribution is -2.13. The van der Waals surface area contributed by atoms with Crippen LogP contribution < -0.4 is 0 Å². The highest BCUT2D eigenvalue weighted by atomic mass is 16.3. The SMILES string of the molecule is c1ccc(-c2nccn2-c2c(C3CCCCC3)cc(C3CCCCC3)c3oc4ccccc4c23)cc1. The number of hydrogen-bond donors (Lipinski definition) is 0. The molecule has 2 fully saturated rings. The average Bonchev–Trinajstić information content (AvgIpc) is 3.59. The normalized spacial score (nSPS) is 17.8. The Bertz CT molecular complexity index is 1500. The number of hydrogen-bond acceptors (Lipinski definition) is 2. The molecule has 2 heterocycles. The molecule has 36 heavy (non-hydrogen) atoms. The molecule has 3 nitrogen and oxygen atoms in total. The van der Waals surface area contributed by atoms with Crippen molar-refractivity contribution in [3.8, 4) is 17.1 Å². The zero-order valence-corrected chi connectivity index (χ0v) is 21.0. The number of fused-ring (bicyclic) bond motifs is 3. The maximum Gasteiger partial charge on any atom is 0.144 e. The van der Waals surface area contributed by atoms with Crippen LogP contribution in [0.5, 0.6) is 0 Å². The van der Waals surface area contributed by atoms with Crippen LogP contribution in [0.4, 0.5) is 0 Å². The Morgan fingerprint density at radius 3 is 2.14 bits per heavy atom. The van der Waals surface area contributed by atoms with Crippen molar-refractivity contribution in [1.82, 2.24) is 9.55 Å². The highest BCUT2D eigenvalue weighted by Gasteiger charge is 2.29. The van der Waals surface area contributed by atoms with Gasteiger partial charge in [-0.2, -0.15) is 0 Å². The van der Waals surface area contributed by atoms with Gasteiger partial charge in [0.1, 0.15) is 17.0 Å². The van der Waals surface area contributed by atoms with Gasteiger partial charge in [-0.25, -0.2) is 4.98 Å². The fourth-order valence-electron chi connectivity index (χ4n) is 6.92. The Labute approximate surface area is 213 Å². The second-order valence-corrected chi connectivity index (χ2v) is 10.9. The van der Waals surface area contributed by atoms with Crippen LogP contribution in [-0.4, -0.2) is 9.55 Å². The molecule has 3 aromatic carbocycles. The number of rotatable bonds is 4. The van der Waals surface area contributed by atoms with Crippen LogP contribution in [0.2, 0.25) is 0 Å². The third-order valence-electron chi connectivity index (χ3n) is 8.68. The number of imidazole rings is 1. The topological polar surface area (TPSA) is 31.0 Å². The second kappa shape index (κ2) is 9.28.